The number of esters is 1. The van der Waals surface area contributed by atoms with E-state index in [9.17, 15) is 9.59 Å². The summed E-state index contributed by atoms with van der Waals surface area (Å²) >= 11 is 0. The average molecular weight is 202 g/mol. The van der Waals surface area contributed by atoms with Gasteiger partial charge in [-0.05, 0) is 27.7 Å². The fraction of sp³-hybridized carbons (Fsp3) is 0.800. The highest BCUT2D eigenvalue weighted by Crippen LogP contribution is 2.11. The molecule has 0 saturated carbocycles. The van der Waals surface area contributed by atoms with Crippen LogP contribution in [-0.2, 0) is 19.1 Å². The van der Waals surface area contributed by atoms with Crippen LogP contribution in [-0.4, -0.2) is 31.1 Å². The second kappa shape index (κ2) is 6.54. The van der Waals surface area contributed by atoms with E-state index in [0.29, 0.717) is 6.61 Å². The summed E-state index contributed by atoms with van der Waals surface area (Å²) in [6, 6.07) is 0. The van der Waals surface area contributed by atoms with E-state index in [0.717, 1.165) is 0 Å². The van der Waals surface area contributed by atoms with E-state index in [1.165, 1.54) is 6.92 Å². The van der Waals surface area contributed by atoms with Crippen molar-refractivity contribution in [3.8, 4) is 0 Å². The summed E-state index contributed by atoms with van der Waals surface area (Å²) in [5.74, 6) is -1.51. The first-order valence-electron chi connectivity index (χ1n) is 4.83. The van der Waals surface area contributed by atoms with Crippen molar-refractivity contribution in [3.05, 3.63) is 0 Å². The molecule has 0 N–H and O–H groups in total. The molecule has 0 spiro atoms. The molecule has 2 unspecified atom stereocenters. The average Bonchev–Trinajstić information content (AvgIpc) is 2.04. The van der Waals surface area contributed by atoms with Gasteiger partial charge in [0.25, 0.3) is 0 Å². The standard InChI is InChI=1S/C10H18O4/c1-5-13-8(4)9(7(3)11)10(12)14-6-2/h8-9H,5-6H2,1-4H3. The molecule has 4 nitrogen and oxygen atoms in total. The fourth-order valence-corrected chi connectivity index (χ4v) is 1.28. The molecule has 0 saturated heterocycles. The summed E-state index contributed by atoms with van der Waals surface area (Å²) in [4.78, 5) is 22.6. The zero-order valence-electron chi connectivity index (χ0n) is 9.20. The third-order valence-corrected chi connectivity index (χ3v) is 1.88. The van der Waals surface area contributed by atoms with Crippen molar-refractivity contribution in [1.29, 1.82) is 0 Å². The minimum Gasteiger partial charge on any atom is -0.465 e. The Labute approximate surface area is 84.6 Å². The number of Topliss-reactive ketones (excluding diaryl/α,β-unsaturated/α-hetero) is 1. The first-order valence-corrected chi connectivity index (χ1v) is 4.83. The fourth-order valence-electron chi connectivity index (χ4n) is 1.28. The first kappa shape index (κ1) is 13.1. The van der Waals surface area contributed by atoms with Crippen molar-refractivity contribution < 1.29 is 19.1 Å². The van der Waals surface area contributed by atoms with Gasteiger partial charge in [0.2, 0.25) is 0 Å². The maximum absolute atomic E-state index is 11.4. The Morgan fingerprint density at radius 2 is 1.79 bits per heavy atom. The SMILES string of the molecule is CCOC(=O)C(C(C)=O)C(C)OCC. The molecule has 0 amide bonds. The van der Waals surface area contributed by atoms with Crippen molar-refractivity contribution in [2.75, 3.05) is 13.2 Å². The smallest absolute Gasteiger partial charge is 0.319 e. The van der Waals surface area contributed by atoms with Crippen LogP contribution in [0.3, 0.4) is 0 Å². The van der Waals surface area contributed by atoms with E-state index < -0.39 is 18.0 Å². The molecule has 0 aliphatic carbocycles. The van der Waals surface area contributed by atoms with Crippen LogP contribution in [0.25, 0.3) is 0 Å². The third-order valence-electron chi connectivity index (χ3n) is 1.88. The number of carbonyl (C=O) groups excluding carboxylic acids is 2. The molecule has 0 aromatic rings. The molecule has 0 aromatic heterocycles. The Bertz CT molecular complexity index is 200. The number of ether oxygens (including phenoxy) is 2. The molecule has 0 aliphatic heterocycles. The van der Waals surface area contributed by atoms with Gasteiger partial charge in [0.15, 0.2) is 0 Å². The Morgan fingerprint density at radius 3 is 2.14 bits per heavy atom. The maximum Gasteiger partial charge on any atom is 0.319 e. The Morgan fingerprint density at radius 1 is 1.21 bits per heavy atom. The minimum absolute atomic E-state index is 0.218. The molecule has 0 radical (unpaired) electrons. The molecular formula is C10H18O4. The highest BCUT2D eigenvalue weighted by atomic mass is 16.5. The predicted molar refractivity (Wildman–Crippen MR) is 51.9 cm³/mol. The van der Waals surface area contributed by atoms with Crippen LogP contribution in [0.2, 0.25) is 0 Å². The molecule has 0 rings (SSSR count). The van der Waals surface area contributed by atoms with Crippen LogP contribution in [0, 0.1) is 5.92 Å². The van der Waals surface area contributed by atoms with Crippen LogP contribution in [0.15, 0.2) is 0 Å². The third kappa shape index (κ3) is 3.87. The second-order valence-corrected chi connectivity index (χ2v) is 3.00. The highest BCUT2D eigenvalue weighted by molar-refractivity contribution is 5.98. The Balaban J connectivity index is 4.42. The number of ketones is 1. The molecule has 0 bridgehead atoms. The van der Waals surface area contributed by atoms with Gasteiger partial charge in [0, 0.05) is 6.61 Å². The zero-order valence-corrected chi connectivity index (χ0v) is 9.20. The largest absolute Gasteiger partial charge is 0.465 e. The molecule has 0 aliphatic rings. The lowest BCUT2D eigenvalue weighted by Crippen LogP contribution is -2.35. The van der Waals surface area contributed by atoms with E-state index in [1.807, 2.05) is 6.92 Å². The normalized spacial score (nSPS) is 14.6. The Kier molecular flexibility index (Phi) is 6.12. The summed E-state index contributed by atoms with van der Waals surface area (Å²) in [6.45, 7) is 7.36. The van der Waals surface area contributed by atoms with E-state index in [1.54, 1.807) is 13.8 Å². The first-order chi connectivity index (χ1) is 6.54. The van der Waals surface area contributed by atoms with Crippen LogP contribution < -0.4 is 0 Å². The molecule has 0 aromatic carbocycles. The maximum atomic E-state index is 11.4. The van der Waals surface area contributed by atoms with Crippen LogP contribution in [0.4, 0.5) is 0 Å². The van der Waals surface area contributed by atoms with Crippen molar-refractivity contribution in [1.82, 2.24) is 0 Å². The monoisotopic (exact) mass is 202 g/mol. The van der Waals surface area contributed by atoms with Gasteiger partial charge < -0.3 is 9.47 Å². The second-order valence-electron chi connectivity index (χ2n) is 3.00. The van der Waals surface area contributed by atoms with Crippen molar-refractivity contribution in [2.24, 2.45) is 5.92 Å². The van der Waals surface area contributed by atoms with Crippen LogP contribution in [0.5, 0.6) is 0 Å². The zero-order chi connectivity index (χ0) is 11.1. The molecule has 14 heavy (non-hydrogen) atoms. The molecule has 2 atom stereocenters. The van der Waals surface area contributed by atoms with Crippen LogP contribution in [0.1, 0.15) is 27.7 Å². The number of rotatable bonds is 6. The van der Waals surface area contributed by atoms with Gasteiger partial charge in [-0.3, -0.25) is 9.59 Å². The van der Waals surface area contributed by atoms with Crippen molar-refractivity contribution in [3.63, 3.8) is 0 Å². The topological polar surface area (TPSA) is 52.6 Å². The number of hydrogen-bond acceptors (Lipinski definition) is 4. The van der Waals surface area contributed by atoms with Crippen molar-refractivity contribution in [2.45, 2.75) is 33.8 Å². The minimum atomic E-state index is -0.796. The Hall–Kier alpha value is -0.900. The van der Waals surface area contributed by atoms with Gasteiger partial charge in [0.05, 0.1) is 12.7 Å². The number of hydrogen-bond donors (Lipinski definition) is 0. The summed E-state index contributed by atoms with van der Waals surface area (Å²) in [6.07, 6.45) is -0.420. The van der Waals surface area contributed by atoms with Gasteiger partial charge in [-0.1, -0.05) is 0 Å². The summed E-state index contributed by atoms with van der Waals surface area (Å²) in [5.41, 5.74) is 0. The van der Waals surface area contributed by atoms with E-state index in [-0.39, 0.29) is 12.4 Å². The van der Waals surface area contributed by atoms with Gasteiger partial charge >= 0.3 is 5.97 Å². The lowest BCUT2D eigenvalue weighted by Gasteiger charge is -2.19. The van der Waals surface area contributed by atoms with Gasteiger partial charge in [-0.25, -0.2) is 0 Å². The molecule has 0 heterocycles. The quantitative estimate of drug-likeness (QED) is 0.479. The van der Waals surface area contributed by atoms with E-state index in [4.69, 9.17) is 9.47 Å². The lowest BCUT2D eigenvalue weighted by atomic mass is 9.99. The van der Waals surface area contributed by atoms with Crippen LogP contribution >= 0.6 is 0 Å². The lowest BCUT2D eigenvalue weighted by molar-refractivity contribution is -0.156. The van der Waals surface area contributed by atoms with E-state index >= 15 is 0 Å². The summed E-state index contributed by atoms with van der Waals surface area (Å²) in [7, 11) is 0. The summed E-state index contributed by atoms with van der Waals surface area (Å²) in [5, 5.41) is 0. The highest BCUT2D eigenvalue weighted by Gasteiger charge is 2.31. The van der Waals surface area contributed by atoms with Gasteiger partial charge in [0.1, 0.15) is 11.7 Å². The van der Waals surface area contributed by atoms with E-state index in [2.05, 4.69) is 0 Å². The molecule has 4 heteroatoms. The van der Waals surface area contributed by atoms with Crippen molar-refractivity contribution >= 4 is 11.8 Å². The van der Waals surface area contributed by atoms with Gasteiger partial charge in [-0.15, -0.1) is 0 Å². The van der Waals surface area contributed by atoms with Gasteiger partial charge in [-0.2, -0.15) is 0 Å². The summed E-state index contributed by atoms with van der Waals surface area (Å²) < 4.78 is 10.0. The molecule has 82 valence electrons. The molecule has 0 fully saturated rings. The predicted octanol–water partition coefficient (Wildman–Crippen LogP) is 1.18. The molecular weight excluding hydrogens is 184 g/mol. The number of carbonyl (C=O) groups is 2.